The summed E-state index contributed by atoms with van der Waals surface area (Å²) < 4.78 is 5.52. The maximum Gasteiger partial charge on any atom is 0.206 e. The van der Waals surface area contributed by atoms with Gasteiger partial charge in [0.2, 0.25) is 5.13 Å². The predicted molar refractivity (Wildman–Crippen MR) is 60.1 cm³/mol. The van der Waals surface area contributed by atoms with Gasteiger partial charge in [0, 0.05) is 0 Å². The molecule has 0 saturated carbocycles. The summed E-state index contributed by atoms with van der Waals surface area (Å²) in [5.41, 5.74) is 0. The number of aryl methyl sites for hydroxylation is 2. The van der Waals surface area contributed by atoms with Crippen molar-refractivity contribution in [2.24, 2.45) is 0 Å². The molecule has 0 fully saturated rings. The van der Waals surface area contributed by atoms with Crippen molar-refractivity contribution in [3.05, 3.63) is 28.7 Å². The molecule has 2 rings (SSSR count). The maximum atomic E-state index is 5.52. The molecule has 0 aliphatic heterocycles. The van der Waals surface area contributed by atoms with Gasteiger partial charge in [-0.05, 0) is 32.9 Å². The first-order valence-electron chi connectivity index (χ1n) is 4.78. The molecule has 80 valence electrons. The molecule has 1 unspecified atom stereocenters. The second kappa shape index (κ2) is 4.02. The normalized spacial score (nSPS) is 12.7. The van der Waals surface area contributed by atoms with Gasteiger partial charge in [-0.3, -0.25) is 0 Å². The van der Waals surface area contributed by atoms with E-state index in [1.807, 2.05) is 32.9 Å². The standard InChI is InChI=1S/C10H13N3OS/c1-6-4-5-9(14-6)7(2)11-10-13-12-8(3)15-10/h4-5,7H,1-3H3,(H,11,13). The molecule has 1 N–H and O–H groups in total. The van der Waals surface area contributed by atoms with Gasteiger partial charge in [-0.25, -0.2) is 0 Å². The molecule has 2 aromatic rings. The number of nitrogens with zero attached hydrogens (tertiary/aromatic N) is 2. The minimum absolute atomic E-state index is 0.117. The number of rotatable bonds is 3. The van der Waals surface area contributed by atoms with E-state index < -0.39 is 0 Å². The summed E-state index contributed by atoms with van der Waals surface area (Å²) in [5, 5.41) is 13.0. The van der Waals surface area contributed by atoms with Crippen LogP contribution in [0.2, 0.25) is 0 Å². The van der Waals surface area contributed by atoms with Crippen molar-refractivity contribution in [1.29, 1.82) is 0 Å². The van der Waals surface area contributed by atoms with Crippen LogP contribution in [0.5, 0.6) is 0 Å². The van der Waals surface area contributed by atoms with Crippen LogP contribution in [-0.2, 0) is 0 Å². The zero-order valence-electron chi connectivity index (χ0n) is 8.94. The van der Waals surface area contributed by atoms with Gasteiger partial charge in [0.25, 0.3) is 0 Å². The lowest BCUT2D eigenvalue weighted by atomic mass is 10.2. The number of nitrogens with one attached hydrogen (secondary N) is 1. The molecule has 1 atom stereocenters. The van der Waals surface area contributed by atoms with Crippen molar-refractivity contribution in [3.63, 3.8) is 0 Å². The van der Waals surface area contributed by atoms with E-state index in [4.69, 9.17) is 4.42 Å². The average Bonchev–Trinajstić information content (AvgIpc) is 2.75. The summed E-state index contributed by atoms with van der Waals surface area (Å²) in [6, 6.07) is 4.05. The van der Waals surface area contributed by atoms with Crippen LogP contribution < -0.4 is 5.32 Å². The number of furan rings is 1. The number of hydrogen-bond acceptors (Lipinski definition) is 5. The molecule has 0 saturated heterocycles. The molecular formula is C10H13N3OS. The van der Waals surface area contributed by atoms with Crippen LogP contribution in [0.15, 0.2) is 16.5 Å². The number of aromatic nitrogens is 2. The first-order valence-corrected chi connectivity index (χ1v) is 5.60. The molecule has 2 aromatic heterocycles. The van der Waals surface area contributed by atoms with E-state index in [1.165, 1.54) is 0 Å². The van der Waals surface area contributed by atoms with Crippen LogP contribution in [0.3, 0.4) is 0 Å². The van der Waals surface area contributed by atoms with E-state index in [2.05, 4.69) is 15.5 Å². The molecule has 5 heteroatoms. The smallest absolute Gasteiger partial charge is 0.206 e. The zero-order valence-corrected chi connectivity index (χ0v) is 9.76. The molecule has 0 spiro atoms. The second-order valence-corrected chi connectivity index (χ2v) is 4.62. The highest BCUT2D eigenvalue weighted by atomic mass is 32.1. The molecule has 2 heterocycles. The largest absolute Gasteiger partial charge is 0.464 e. The highest BCUT2D eigenvalue weighted by Gasteiger charge is 2.11. The summed E-state index contributed by atoms with van der Waals surface area (Å²) in [6.07, 6.45) is 0. The van der Waals surface area contributed by atoms with Crippen LogP contribution in [0.4, 0.5) is 5.13 Å². The Labute approximate surface area is 92.3 Å². The third kappa shape index (κ3) is 2.36. The molecule has 0 radical (unpaired) electrons. The van der Waals surface area contributed by atoms with Crippen LogP contribution in [-0.4, -0.2) is 10.2 Å². The second-order valence-electron chi connectivity index (χ2n) is 3.44. The van der Waals surface area contributed by atoms with Crippen molar-refractivity contribution in [2.75, 3.05) is 5.32 Å². The summed E-state index contributed by atoms with van der Waals surface area (Å²) in [4.78, 5) is 0. The van der Waals surface area contributed by atoms with Gasteiger partial charge in [-0.2, -0.15) is 0 Å². The zero-order chi connectivity index (χ0) is 10.8. The highest BCUT2D eigenvalue weighted by Crippen LogP contribution is 2.22. The van der Waals surface area contributed by atoms with Crippen molar-refractivity contribution in [1.82, 2.24) is 10.2 Å². The van der Waals surface area contributed by atoms with E-state index >= 15 is 0 Å². The van der Waals surface area contributed by atoms with Gasteiger partial charge in [-0.1, -0.05) is 11.3 Å². The lowest BCUT2D eigenvalue weighted by molar-refractivity contribution is 0.467. The molecule has 0 aliphatic rings. The van der Waals surface area contributed by atoms with Gasteiger partial charge >= 0.3 is 0 Å². The minimum Gasteiger partial charge on any atom is -0.464 e. The third-order valence-corrected chi connectivity index (χ3v) is 2.82. The summed E-state index contributed by atoms with van der Waals surface area (Å²) in [6.45, 7) is 5.91. The van der Waals surface area contributed by atoms with Crippen molar-refractivity contribution in [2.45, 2.75) is 26.8 Å². The fourth-order valence-corrected chi connectivity index (χ4v) is 1.98. The Bertz CT molecular complexity index is 449. The van der Waals surface area contributed by atoms with E-state index in [9.17, 15) is 0 Å². The summed E-state index contributed by atoms with van der Waals surface area (Å²) in [5.74, 6) is 1.84. The fourth-order valence-electron chi connectivity index (χ4n) is 1.30. The fraction of sp³-hybridized carbons (Fsp3) is 0.400. The van der Waals surface area contributed by atoms with Crippen LogP contribution in [0.1, 0.15) is 29.5 Å². The maximum absolute atomic E-state index is 5.52. The van der Waals surface area contributed by atoms with Crippen molar-refractivity contribution < 1.29 is 4.42 Å². The molecule has 0 aliphatic carbocycles. The SMILES string of the molecule is Cc1ccc(C(C)Nc2nnc(C)s2)o1. The highest BCUT2D eigenvalue weighted by molar-refractivity contribution is 7.15. The average molecular weight is 223 g/mol. The lowest BCUT2D eigenvalue weighted by Crippen LogP contribution is -2.05. The van der Waals surface area contributed by atoms with Gasteiger partial charge in [-0.15, -0.1) is 10.2 Å². The predicted octanol–water partition coefficient (Wildman–Crippen LogP) is 2.92. The Morgan fingerprint density at radius 2 is 2.13 bits per heavy atom. The third-order valence-electron chi connectivity index (χ3n) is 2.05. The Morgan fingerprint density at radius 1 is 1.33 bits per heavy atom. The Kier molecular flexibility index (Phi) is 2.73. The van der Waals surface area contributed by atoms with Crippen LogP contribution >= 0.6 is 11.3 Å². The van der Waals surface area contributed by atoms with Crippen molar-refractivity contribution >= 4 is 16.5 Å². The van der Waals surface area contributed by atoms with Gasteiger partial charge in [0.1, 0.15) is 16.5 Å². The first kappa shape index (κ1) is 10.2. The number of hydrogen-bond donors (Lipinski definition) is 1. The van der Waals surface area contributed by atoms with Crippen molar-refractivity contribution in [3.8, 4) is 0 Å². The summed E-state index contributed by atoms with van der Waals surface area (Å²) in [7, 11) is 0. The van der Waals surface area contributed by atoms with Gasteiger partial charge in [0.15, 0.2) is 0 Å². The Morgan fingerprint density at radius 3 is 2.67 bits per heavy atom. The first-order chi connectivity index (χ1) is 7.15. The minimum atomic E-state index is 0.117. The van der Waals surface area contributed by atoms with Gasteiger partial charge in [0.05, 0.1) is 6.04 Å². The molecular weight excluding hydrogens is 210 g/mol. The Balaban J connectivity index is 2.06. The van der Waals surface area contributed by atoms with Crippen LogP contribution in [0, 0.1) is 13.8 Å². The number of anilines is 1. The monoisotopic (exact) mass is 223 g/mol. The van der Waals surface area contributed by atoms with Crippen LogP contribution in [0.25, 0.3) is 0 Å². The van der Waals surface area contributed by atoms with E-state index in [0.717, 1.165) is 21.7 Å². The topological polar surface area (TPSA) is 51.0 Å². The van der Waals surface area contributed by atoms with E-state index in [0.29, 0.717) is 0 Å². The summed E-state index contributed by atoms with van der Waals surface area (Å²) >= 11 is 1.54. The van der Waals surface area contributed by atoms with E-state index in [1.54, 1.807) is 11.3 Å². The Hall–Kier alpha value is -1.36. The van der Waals surface area contributed by atoms with Gasteiger partial charge < -0.3 is 9.73 Å². The molecule has 4 nitrogen and oxygen atoms in total. The quantitative estimate of drug-likeness (QED) is 0.869. The molecule has 0 bridgehead atoms. The molecule has 0 aromatic carbocycles. The molecule has 0 amide bonds. The van der Waals surface area contributed by atoms with E-state index in [-0.39, 0.29) is 6.04 Å². The lowest BCUT2D eigenvalue weighted by Gasteiger charge is -2.08. The molecule has 15 heavy (non-hydrogen) atoms.